The van der Waals surface area contributed by atoms with Crippen LogP contribution in [-0.2, 0) is 16.1 Å². The Morgan fingerprint density at radius 1 is 0.970 bits per heavy atom. The van der Waals surface area contributed by atoms with Crippen LogP contribution in [0.15, 0.2) is 65.9 Å². The van der Waals surface area contributed by atoms with Crippen LogP contribution in [0.25, 0.3) is 0 Å². The first-order valence-corrected chi connectivity index (χ1v) is 11.1. The van der Waals surface area contributed by atoms with Gasteiger partial charge in [-0.25, -0.2) is 9.59 Å². The van der Waals surface area contributed by atoms with Gasteiger partial charge >= 0.3 is 12.0 Å². The molecule has 1 fully saturated rings. The molecule has 2 aliphatic rings. The van der Waals surface area contributed by atoms with Crippen LogP contribution in [0.5, 0.6) is 5.75 Å². The number of hydrogen-bond acceptors (Lipinski definition) is 6. The van der Waals surface area contributed by atoms with E-state index in [-0.39, 0.29) is 6.03 Å². The van der Waals surface area contributed by atoms with Crippen molar-refractivity contribution in [2.45, 2.75) is 12.6 Å². The fourth-order valence-electron chi connectivity index (χ4n) is 4.34. The second-order valence-electron chi connectivity index (χ2n) is 8.23. The largest absolute Gasteiger partial charge is 0.497 e. The van der Waals surface area contributed by atoms with Crippen molar-refractivity contribution in [3.8, 4) is 5.75 Å². The molecule has 8 heteroatoms. The molecule has 4 rings (SSSR count). The molecule has 8 nitrogen and oxygen atoms in total. The van der Waals surface area contributed by atoms with Crippen LogP contribution in [0.3, 0.4) is 0 Å². The first-order valence-electron chi connectivity index (χ1n) is 11.1. The summed E-state index contributed by atoms with van der Waals surface area (Å²) in [5.41, 5.74) is 3.05. The minimum Gasteiger partial charge on any atom is -0.497 e. The number of carbonyl (C=O) groups is 2. The van der Waals surface area contributed by atoms with Gasteiger partial charge in [-0.3, -0.25) is 9.80 Å². The van der Waals surface area contributed by atoms with Crippen LogP contribution < -0.4 is 15.4 Å². The predicted octanol–water partition coefficient (Wildman–Crippen LogP) is 2.29. The van der Waals surface area contributed by atoms with Crippen LogP contribution in [0.1, 0.15) is 17.2 Å². The molecule has 0 unspecified atom stereocenters. The lowest BCUT2D eigenvalue weighted by atomic mass is 9.94. The number of esters is 1. The third kappa shape index (κ3) is 5.53. The van der Waals surface area contributed by atoms with E-state index in [1.165, 1.54) is 12.7 Å². The smallest absolute Gasteiger partial charge is 0.338 e. The fraction of sp³-hybridized carbons (Fsp3) is 0.360. The molecule has 2 heterocycles. The van der Waals surface area contributed by atoms with Gasteiger partial charge in [0.25, 0.3) is 0 Å². The third-order valence-corrected chi connectivity index (χ3v) is 6.08. The lowest BCUT2D eigenvalue weighted by Gasteiger charge is -2.37. The lowest BCUT2D eigenvalue weighted by molar-refractivity contribution is -0.136. The monoisotopic (exact) mass is 450 g/mol. The number of hydrogen-bond donors (Lipinski definition) is 2. The van der Waals surface area contributed by atoms with Crippen LogP contribution in [0, 0.1) is 0 Å². The Morgan fingerprint density at radius 2 is 1.67 bits per heavy atom. The van der Waals surface area contributed by atoms with E-state index in [1.54, 1.807) is 7.11 Å². The number of urea groups is 1. The van der Waals surface area contributed by atoms with Gasteiger partial charge in [0, 0.05) is 45.0 Å². The minimum absolute atomic E-state index is 0.340. The van der Waals surface area contributed by atoms with Gasteiger partial charge in [0.2, 0.25) is 0 Å². The summed E-state index contributed by atoms with van der Waals surface area (Å²) in [5, 5.41) is 5.71. The zero-order valence-corrected chi connectivity index (χ0v) is 19.0. The number of nitrogens with one attached hydrogen (secondary N) is 2. The summed E-state index contributed by atoms with van der Waals surface area (Å²) >= 11 is 0. The number of amides is 2. The average molecular weight is 451 g/mol. The lowest BCUT2D eigenvalue weighted by Crippen LogP contribution is -2.51. The van der Waals surface area contributed by atoms with Crippen LogP contribution in [0.2, 0.25) is 0 Å². The second-order valence-corrected chi connectivity index (χ2v) is 8.23. The van der Waals surface area contributed by atoms with Crippen molar-refractivity contribution in [3.63, 3.8) is 0 Å². The van der Waals surface area contributed by atoms with Crippen molar-refractivity contribution in [2.75, 3.05) is 46.9 Å². The van der Waals surface area contributed by atoms with Gasteiger partial charge < -0.3 is 20.1 Å². The zero-order chi connectivity index (χ0) is 23.2. The Morgan fingerprint density at radius 3 is 2.33 bits per heavy atom. The van der Waals surface area contributed by atoms with E-state index < -0.39 is 12.0 Å². The Labute approximate surface area is 194 Å². The minimum atomic E-state index is -0.615. The summed E-state index contributed by atoms with van der Waals surface area (Å²) in [6, 6.07) is 16.8. The number of carbonyl (C=O) groups excluding carboxylic acids is 2. The maximum Gasteiger partial charge on any atom is 0.338 e. The fourth-order valence-corrected chi connectivity index (χ4v) is 4.34. The summed E-state index contributed by atoms with van der Waals surface area (Å²) < 4.78 is 10.4. The van der Waals surface area contributed by atoms with Crippen LogP contribution in [-0.4, -0.2) is 68.7 Å². The maximum atomic E-state index is 12.8. The normalized spacial score (nSPS) is 19.6. The number of ether oxygens (including phenoxy) is 2. The predicted molar refractivity (Wildman–Crippen MR) is 125 cm³/mol. The van der Waals surface area contributed by atoms with E-state index in [4.69, 9.17) is 9.47 Å². The zero-order valence-electron chi connectivity index (χ0n) is 19.0. The molecule has 174 valence electrons. The van der Waals surface area contributed by atoms with E-state index in [0.717, 1.165) is 38.3 Å². The van der Waals surface area contributed by atoms with E-state index in [2.05, 4.69) is 44.7 Å². The standard InChI is InChI=1S/C25H30N4O4/c1-32-20-10-6-9-19(15-20)23-22(24(30)33-2)21(26-25(31)27-23)17-29-13-11-28(12-14-29)16-18-7-4-3-5-8-18/h3-10,15,23H,11-14,16-17H2,1-2H3,(H2,26,27,31)/t23-/m1/s1. The molecule has 2 aliphatic heterocycles. The number of methoxy groups -OCH3 is 2. The van der Waals surface area contributed by atoms with E-state index in [9.17, 15) is 9.59 Å². The first kappa shape index (κ1) is 22.8. The molecule has 1 saturated heterocycles. The third-order valence-electron chi connectivity index (χ3n) is 6.08. The van der Waals surface area contributed by atoms with Gasteiger partial charge in [0.1, 0.15) is 5.75 Å². The van der Waals surface area contributed by atoms with Gasteiger partial charge in [-0.2, -0.15) is 0 Å². The van der Waals surface area contributed by atoms with Crippen molar-refractivity contribution >= 4 is 12.0 Å². The second kappa shape index (κ2) is 10.5. The van der Waals surface area contributed by atoms with Crippen molar-refractivity contribution in [1.82, 2.24) is 20.4 Å². The summed E-state index contributed by atoms with van der Waals surface area (Å²) in [4.78, 5) is 30.0. The highest BCUT2D eigenvalue weighted by molar-refractivity contribution is 5.95. The first-order chi connectivity index (χ1) is 16.1. The summed E-state index contributed by atoms with van der Waals surface area (Å²) in [6.07, 6.45) is 0. The van der Waals surface area contributed by atoms with Crippen molar-refractivity contribution in [2.24, 2.45) is 0 Å². The Bertz CT molecular complexity index is 1020. The molecule has 2 aromatic rings. The average Bonchev–Trinajstić information content (AvgIpc) is 2.85. The molecule has 2 N–H and O–H groups in total. The van der Waals surface area contributed by atoms with Crippen molar-refractivity contribution in [1.29, 1.82) is 0 Å². The highest BCUT2D eigenvalue weighted by Crippen LogP contribution is 2.30. The van der Waals surface area contributed by atoms with Gasteiger partial charge in [-0.15, -0.1) is 0 Å². The number of benzene rings is 2. The Balaban J connectivity index is 1.51. The summed E-state index contributed by atoms with van der Waals surface area (Å²) in [7, 11) is 2.94. The molecule has 33 heavy (non-hydrogen) atoms. The van der Waals surface area contributed by atoms with E-state index in [0.29, 0.717) is 23.6 Å². The number of piperazine rings is 1. The van der Waals surface area contributed by atoms with Gasteiger partial charge in [-0.1, -0.05) is 42.5 Å². The Hall–Kier alpha value is -3.36. The van der Waals surface area contributed by atoms with Gasteiger partial charge in [0.15, 0.2) is 0 Å². The summed E-state index contributed by atoms with van der Waals surface area (Å²) in [6.45, 7) is 4.92. The van der Waals surface area contributed by atoms with E-state index >= 15 is 0 Å². The quantitative estimate of drug-likeness (QED) is 0.630. The highest BCUT2D eigenvalue weighted by atomic mass is 16.5. The Kier molecular flexibility index (Phi) is 7.26. The van der Waals surface area contributed by atoms with Crippen molar-refractivity contribution in [3.05, 3.63) is 77.0 Å². The molecule has 0 aromatic heterocycles. The molecule has 0 spiro atoms. The van der Waals surface area contributed by atoms with E-state index in [1.807, 2.05) is 30.3 Å². The van der Waals surface area contributed by atoms with Gasteiger partial charge in [-0.05, 0) is 23.3 Å². The summed E-state index contributed by atoms with van der Waals surface area (Å²) in [5.74, 6) is 0.189. The molecule has 2 aromatic carbocycles. The molecule has 0 bridgehead atoms. The van der Waals surface area contributed by atoms with Gasteiger partial charge in [0.05, 0.1) is 25.8 Å². The number of rotatable bonds is 7. The van der Waals surface area contributed by atoms with Crippen LogP contribution in [0.4, 0.5) is 4.79 Å². The SMILES string of the molecule is COC(=O)C1=C(CN2CCN(Cc3ccccc3)CC2)NC(=O)N[C@@H]1c1cccc(OC)c1. The molecule has 0 radical (unpaired) electrons. The van der Waals surface area contributed by atoms with Crippen molar-refractivity contribution < 1.29 is 19.1 Å². The molecule has 2 amide bonds. The molecular weight excluding hydrogens is 420 g/mol. The van der Waals surface area contributed by atoms with Crippen LogP contribution >= 0.6 is 0 Å². The number of nitrogens with zero attached hydrogens (tertiary/aromatic N) is 2. The topological polar surface area (TPSA) is 83.1 Å². The highest BCUT2D eigenvalue weighted by Gasteiger charge is 2.34. The molecule has 1 atom stereocenters. The molecular formula is C25H30N4O4. The molecule has 0 saturated carbocycles. The maximum absolute atomic E-state index is 12.8. The molecule has 0 aliphatic carbocycles.